The van der Waals surface area contributed by atoms with Gasteiger partial charge in [0.15, 0.2) is 0 Å². The second-order valence-corrected chi connectivity index (χ2v) is 7.30. The molecule has 0 bridgehead atoms. The van der Waals surface area contributed by atoms with Gasteiger partial charge in [-0.3, -0.25) is 4.90 Å². The number of hydrogen-bond acceptors (Lipinski definition) is 3. The number of methoxy groups -OCH3 is 1. The molecular formula is C16H32N2O. The number of nitrogens with two attached hydrogens (primary N) is 1. The summed E-state index contributed by atoms with van der Waals surface area (Å²) in [6, 6.07) is 0.480. The zero-order valence-electron chi connectivity index (χ0n) is 13.1. The van der Waals surface area contributed by atoms with Crippen LogP contribution in [0.25, 0.3) is 0 Å². The molecule has 1 saturated carbocycles. The Morgan fingerprint density at radius 1 is 1.16 bits per heavy atom. The second-order valence-electron chi connectivity index (χ2n) is 7.30. The van der Waals surface area contributed by atoms with Gasteiger partial charge in [0.1, 0.15) is 0 Å². The first-order chi connectivity index (χ1) is 9.00. The fraction of sp³-hybridized carbons (Fsp3) is 1.00. The van der Waals surface area contributed by atoms with Crippen LogP contribution in [0.5, 0.6) is 0 Å². The summed E-state index contributed by atoms with van der Waals surface area (Å²) >= 11 is 0. The van der Waals surface area contributed by atoms with Crippen molar-refractivity contribution in [2.24, 2.45) is 11.1 Å². The highest BCUT2D eigenvalue weighted by Crippen LogP contribution is 2.46. The van der Waals surface area contributed by atoms with Gasteiger partial charge in [0.2, 0.25) is 0 Å². The molecule has 0 aromatic heterocycles. The van der Waals surface area contributed by atoms with Crippen molar-refractivity contribution in [3.05, 3.63) is 0 Å². The van der Waals surface area contributed by atoms with Gasteiger partial charge in [-0.1, -0.05) is 12.8 Å². The average Bonchev–Trinajstić information content (AvgIpc) is 2.86. The molecule has 1 heterocycles. The van der Waals surface area contributed by atoms with Gasteiger partial charge in [-0.25, -0.2) is 0 Å². The molecule has 1 saturated heterocycles. The highest BCUT2D eigenvalue weighted by atomic mass is 16.5. The summed E-state index contributed by atoms with van der Waals surface area (Å²) in [6.07, 6.45) is 9.66. The van der Waals surface area contributed by atoms with Gasteiger partial charge in [-0.05, 0) is 64.5 Å². The zero-order valence-corrected chi connectivity index (χ0v) is 13.1. The first-order valence-corrected chi connectivity index (χ1v) is 8.00. The molecule has 2 fully saturated rings. The molecule has 0 aromatic carbocycles. The van der Waals surface area contributed by atoms with E-state index in [-0.39, 0.29) is 5.60 Å². The average molecular weight is 268 g/mol. The van der Waals surface area contributed by atoms with E-state index in [0.717, 1.165) is 13.0 Å². The second kappa shape index (κ2) is 6.11. The van der Waals surface area contributed by atoms with E-state index in [1.54, 1.807) is 7.11 Å². The summed E-state index contributed by atoms with van der Waals surface area (Å²) in [4.78, 5) is 2.62. The van der Waals surface area contributed by atoms with E-state index in [9.17, 15) is 0 Å². The SMILES string of the molecule is COC(C)(C)CC(CN)N1CCC2(CCCC2)CC1. The van der Waals surface area contributed by atoms with Crippen LogP contribution in [0.15, 0.2) is 0 Å². The molecule has 1 aliphatic carbocycles. The lowest BCUT2D eigenvalue weighted by molar-refractivity contribution is -0.0175. The van der Waals surface area contributed by atoms with Gasteiger partial charge >= 0.3 is 0 Å². The van der Waals surface area contributed by atoms with Crippen molar-refractivity contribution in [3.63, 3.8) is 0 Å². The topological polar surface area (TPSA) is 38.5 Å². The van der Waals surface area contributed by atoms with Gasteiger partial charge in [0, 0.05) is 19.7 Å². The molecule has 2 aliphatic rings. The van der Waals surface area contributed by atoms with E-state index in [4.69, 9.17) is 10.5 Å². The summed E-state index contributed by atoms with van der Waals surface area (Å²) < 4.78 is 5.57. The Morgan fingerprint density at radius 2 is 1.74 bits per heavy atom. The van der Waals surface area contributed by atoms with Crippen molar-refractivity contribution in [1.82, 2.24) is 4.90 Å². The van der Waals surface area contributed by atoms with E-state index in [1.807, 2.05) is 0 Å². The van der Waals surface area contributed by atoms with Crippen LogP contribution in [0.2, 0.25) is 0 Å². The number of likely N-dealkylation sites (tertiary alicyclic amines) is 1. The largest absolute Gasteiger partial charge is 0.379 e. The van der Waals surface area contributed by atoms with Crippen molar-refractivity contribution in [3.8, 4) is 0 Å². The normalized spacial score (nSPS) is 25.9. The Morgan fingerprint density at radius 3 is 2.21 bits per heavy atom. The molecule has 1 spiro atoms. The number of nitrogens with zero attached hydrogens (tertiary/aromatic N) is 1. The van der Waals surface area contributed by atoms with Gasteiger partial charge in [-0.15, -0.1) is 0 Å². The summed E-state index contributed by atoms with van der Waals surface area (Å²) in [7, 11) is 1.80. The van der Waals surface area contributed by atoms with Crippen LogP contribution < -0.4 is 5.73 Å². The number of rotatable bonds is 5. The van der Waals surface area contributed by atoms with Crippen molar-refractivity contribution in [1.29, 1.82) is 0 Å². The highest BCUT2D eigenvalue weighted by Gasteiger charge is 2.38. The van der Waals surface area contributed by atoms with Gasteiger partial charge in [0.05, 0.1) is 5.60 Å². The van der Waals surface area contributed by atoms with Gasteiger partial charge < -0.3 is 10.5 Å². The van der Waals surface area contributed by atoms with Crippen LogP contribution >= 0.6 is 0 Å². The summed E-state index contributed by atoms with van der Waals surface area (Å²) in [5.41, 5.74) is 6.65. The minimum Gasteiger partial charge on any atom is -0.379 e. The standard InChI is InChI=1S/C16H32N2O/c1-15(2,19-3)12-14(13-17)18-10-8-16(9-11-18)6-4-5-7-16/h14H,4-13,17H2,1-3H3. The van der Waals surface area contributed by atoms with Crippen molar-refractivity contribution in [2.45, 2.75) is 70.4 Å². The molecule has 0 aromatic rings. The molecule has 1 unspecified atom stereocenters. The molecule has 19 heavy (non-hydrogen) atoms. The molecule has 2 N–H and O–H groups in total. The smallest absolute Gasteiger partial charge is 0.0638 e. The number of piperidine rings is 1. The maximum atomic E-state index is 6.01. The van der Waals surface area contributed by atoms with E-state index in [2.05, 4.69) is 18.7 Å². The predicted molar refractivity (Wildman–Crippen MR) is 80.3 cm³/mol. The maximum Gasteiger partial charge on any atom is 0.0638 e. The highest BCUT2D eigenvalue weighted by molar-refractivity contribution is 4.92. The first-order valence-electron chi connectivity index (χ1n) is 8.00. The van der Waals surface area contributed by atoms with Crippen molar-refractivity contribution < 1.29 is 4.74 Å². The lowest BCUT2D eigenvalue weighted by atomic mass is 9.76. The fourth-order valence-electron chi connectivity index (χ4n) is 4.00. The Hall–Kier alpha value is -0.120. The summed E-state index contributed by atoms with van der Waals surface area (Å²) in [6.45, 7) is 7.55. The summed E-state index contributed by atoms with van der Waals surface area (Å²) in [5.74, 6) is 0. The molecular weight excluding hydrogens is 236 g/mol. The van der Waals surface area contributed by atoms with Crippen LogP contribution in [0, 0.1) is 5.41 Å². The molecule has 112 valence electrons. The minimum atomic E-state index is -0.0630. The quantitative estimate of drug-likeness (QED) is 0.833. The molecule has 0 radical (unpaired) electrons. The lowest BCUT2D eigenvalue weighted by Gasteiger charge is -2.44. The Kier molecular flexibility index (Phi) is 4.91. The fourth-order valence-corrected chi connectivity index (χ4v) is 4.00. The van der Waals surface area contributed by atoms with Crippen molar-refractivity contribution in [2.75, 3.05) is 26.7 Å². The Bertz CT molecular complexity index is 274. The number of hydrogen-bond donors (Lipinski definition) is 1. The van der Waals surface area contributed by atoms with E-state index in [0.29, 0.717) is 11.5 Å². The molecule has 3 heteroatoms. The monoisotopic (exact) mass is 268 g/mol. The van der Waals surface area contributed by atoms with E-state index in [1.165, 1.54) is 51.6 Å². The predicted octanol–water partition coefficient (Wildman–Crippen LogP) is 2.79. The van der Waals surface area contributed by atoms with E-state index >= 15 is 0 Å². The van der Waals surface area contributed by atoms with Crippen LogP contribution in [-0.4, -0.2) is 43.3 Å². The van der Waals surface area contributed by atoms with Crippen molar-refractivity contribution >= 4 is 0 Å². The maximum absolute atomic E-state index is 6.01. The number of ether oxygens (including phenoxy) is 1. The molecule has 3 nitrogen and oxygen atoms in total. The van der Waals surface area contributed by atoms with Crippen LogP contribution in [0.4, 0.5) is 0 Å². The van der Waals surface area contributed by atoms with Crippen LogP contribution in [0.3, 0.4) is 0 Å². The molecule has 0 amide bonds. The summed E-state index contributed by atoms with van der Waals surface area (Å²) in [5, 5.41) is 0. The van der Waals surface area contributed by atoms with Gasteiger partial charge in [-0.2, -0.15) is 0 Å². The van der Waals surface area contributed by atoms with Crippen LogP contribution in [-0.2, 0) is 4.74 Å². The van der Waals surface area contributed by atoms with Gasteiger partial charge in [0.25, 0.3) is 0 Å². The first kappa shape index (κ1) is 15.3. The Labute approximate surface area is 118 Å². The third kappa shape index (κ3) is 3.71. The third-order valence-electron chi connectivity index (χ3n) is 5.59. The van der Waals surface area contributed by atoms with E-state index < -0.39 is 0 Å². The molecule has 2 rings (SSSR count). The Balaban J connectivity index is 1.87. The molecule has 1 aliphatic heterocycles. The zero-order chi connectivity index (χ0) is 13.9. The van der Waals surface area contributed by atoms with Crippen LogP contribution in [0.1, 0.15) is 58.8 Å². The third-order valence-corrected chi connectivity index (χ3v) is 5.59. The molecule has 1 atom stereocenters. The minimum absolute atomic E-state index is 0.0630. The lowest BCUT2D eigenvalue weighted by Crippen LogP contribution is -2.50.